The Morgan fingerprint density at radius 1 is 0.968 bits per heavy atom. The molecule has 154 valence electrons. The van der Waals surface area contributed by atoms with Gasteiger partial charge in [-0.3, -0.25) is 9.78 Å². The normalized spacial score (nSPS) is 10.5. The number of rotatable bonds is 6. The predicted molar refractivity (Wildman–Crippen MR) is 114 cm³/mol. The Bertz CT molecular complexity index is 1260. The molecule has 5 N–H and O–H groups in total. The van der Waals surface area contributed by atoms with Gasteiger partial charge in [0.2, 0.25) is 5.95 Å². The molecule has 0 spiro atoms. The van der Waals surface area contributed by atoms with Crippen molar-refractivity contribution < 1.29 is 13.9 Å². The number of benzene rings is 2. The summed E-state index contributed by atoms with van der Waals surface area (Å²) < 4.78 is 19.4. The van der Waals surface area contributed by atoms with E-state index in [0.29, 0.717) is 34.3 Å². The molecule has 0 bridgehead atoms. The van der Waals surface area contributed by atoms with Crippen LogP contribution in [0.25, 0.3) is 11.3 Å². The summed E-state index contributed by atoms with van der Waals surface area (Å²) in [5.74, 6) is 0.400. The molecule has 0 unspecified atom stereocenters. The van der Waals surface area contributed by atoms with Crippen LogP contribution in [0.4, 0.5) is 21.8 Å². The third kappa shape index (κ3) is 4.91. The molecule has 2 heterocycles. The maximum atomic E-state index is 13.6. The van der Waals surface area contributed by atoms with E-state index >= 15 is 0 Å². The van der Waals surface area contributed by atoms with Crippen LogP contribution in [0.15, 0.2) is 72.9 Å². The average molecular weight is 416 g/mol. The number of hydrogen-bond donors (Lipinski definition) is 3. The second-order valence-corrected chi connectivity index (χ2v) is 6.50. The van der Waals surface area contributed by atoms with Gasteiger partial charge < -0.3 is 21.5 Å². The largest absolute Gasteiger partial charge is 0.457 e. The summed E-state index contributed by atoms with van der Waals surface area (Å²) in [6, 6.07) is 17.9. The Balaban J connectivity index is 1.57. The Morgan fingerprint density at radius 3 is 2.58 bits per heavy atom. The molecule has 4 rings (SSSR count). The van der Waals surface area contributed by atoms with Gasteiger partial charge in [-0.25, -0.2) is 9.37 Å². The molecule has 0 fully saturated rings. The molecule has 2 aromatic carbocycles. The number of ether oxygens (including phenoxy) is 1. The SMILES string of the molecule is NC(=O)c1cc(Oc2cccc(Nc3cc(-c4cccc(F)c4)nc(N)n3)c2)ccn1. The van der Waals surface area contributed by atoms with E-state index in [2.05, 4.69) is 20.3 Å². The fourth-order valence-corrected chi connectivity index (χ4v) is 2.86. The van der Waals surface area contributed by atoms with E-state index in [1.807, 2.05) is 6.07 Å². The molecule has 4 aromatic rings. The molecule has 1 amide bonds. The van der Waals surface area contributed by atoms with Gasteiger partial charge in [0.05, 0.1) is 5.69 Å². The van der Waals surface area contributed by atoms with Crippen molar-refractivity contribution in [3.05, 3.63) is 84.4 Å². The van der Waals surface area contributed by atoms with Gasteiger partial charge in [0.25, 0.3) is 5.91 Å². The molecule has 0 radical (unpaired) electrons. The molecule has 2 aromatic heterocycles. The fraction of sp³-hybridized carbons (Fsp3) is 0. The highest BCUT2D eigenvalue weighted by Gasteiger charge is 2.08. The van der Waals surface area contributed by atoms with Crippen LogP contribution in [0.1, 0.15) is 10.5 Å². The zero-order chi connectivity index (χ0) is 21.8. The number of anilines is 3. The van der Waals surface area contributed by atoms with Crippen LogP contribution in [-0.4, -0.2) is 20.9 Å². The first kappa shape index (κ1) is 19.8. The monoisotopic (exact) mass is 416 g/mol. The Kier molecular flexibility index (Phi) is 5.39. The van der Waals surface area contributed by atoms with Gasteiger partial charge in [0.1, 0.15) is 28.8 Å². The van der Waals surface area contributed by atoms with Crippen molar-refractivity contribution in [2.24, 2.45) is 5.73 Å². The van der Waals surface area contributed by atoms with Gasteiger partial charge in [-0.2, -0.15) is 4.98 Å². The Labute approximate surface area is 176 Å². The van der Waals surface area contributed by atoms with Crippen LogP contribution < -0.4 is 21.5 Å². The zero-order valence-corrected chi connectivity index (χ0v) is 16.1. The van der Waals surface area contributed by atoms with Crippen molar-refractivity contribution in [2.45, 2.75) is 0 Å². The maximum Gasteiger partial charge on any atom is 0.267 e. The number of hydrogen-bond acceptors (Lipinski definition) is 7. The van der Waals surface area contributed by atoms with Crippen LogP contribution in [0.3, 0.4) is 0 Å². The lowest BCUT2D eigenvalue weighted by atomic mass is 10.1. The minimum Gasteiger partial charge on any atom is -0.457 e. The average Bonchev–Trinajstić information content (AvgIpc) is 2.74. The Hall–Kier alpha value is -4.53. The third-order valence-electron chi connectivity index (χ3n) is 4.19. The van der Waals surface area contributed by atoms with Gasteiger partial charge >= 0.3 is 0 Å². The lowest BCUT2D eigenvalue weighted by molar-refractivity contribution is 0.0995. The van der Waals surface area contributed by atoms with Crippen molar-refractivity contribution in [1.82, 2.24) is 15.0 Å². The smallest absolute Gasteiger partial charge is 0.267 e. The van der Waals surface area contributed by atoms with Gasteiger partial charge in [-0.1, -0.05) is 18.2 Å². The highest BCUT2D eigenvalue weighted by molar-refractivity contribution is 5.91. The van der Waals surface area contributed by atoms with Crippen molar-refractivity contribution >= 4 is 23.4 Å². The zero-order valence-electron chi connectivity index (χ0n) is 16.1. The number of pyridine rings is 1. The molecular formula is C22H17FN6O2. The van der Waals surface area contributed by atoms with Crippen LogP contribution in [-0.2, 0) is 0 Å². The van der Waals surface area contributed by atoms with E-state index in [1.165, 1.54) is 24.4 Å². The lowest BCUT2D eigenvalue weighted by Gasteiger charge is -2.11. The fourth-order valence-electron chi connectivity index (χ4n) is 2.86. The standard InChI is InChI=1S/C22H17FN6O2/c23-14-4-1-3-13(9-14)18-12-20(29-22(25)28-18)27-15-5-2-6-16(10-15)31-17-7-8-26-19(11-17)21(24)30/h1-12H,(H2,24,30)(H3,25,27,28,29). The number of nitrogens with zero attached hydrogens (tertiary/aromatic N) is 3. The summed E-state index contributed by atoms with van der Waals surface area (Å²) in [6.45, 7) is 0. The maximum absolute atomic E-state index is 13.6. The second-order valence-electron chi connectivity index (χ2n) is 6.50. The number of carbonyl (C=O) groups excluding carboxylic acids is 1. The van der Waals surface area contributed by atoms with Crippen LogP contribution in [0.5, 0.6) is 11.5 Å². The number of amides is 1. The van der Waals surface area contributed by atoms with Crippen molar-refractivity contribution in [3.63, 3.8) is 0 Å². The molecular weight excluding hydrogens is 399 g/mol. The van der Waals surface area contributed by atoms with Crippen LogP contribution in [0, 0.1) is 5.82 Å². The van der Waals surface area contributed by atoms with Crippen molar-refractivity contribution in [2.75, 3.05) is 11.1 Å². The molecule has 0 aliphatic heterocycles. The molecule has 31 heavy (non-hydrogen) atoms. The second kappa shape index (κ2) is 8.46. The number of carbonyl (C=O) groups is 1. The molecule has 9 heteroatoms. The van der Waals surface area contributed by atoms with Crippen molar-refractivity contribution in [1.29, 1.82) is 0 Å². The summed E-state index contributed by atoms with van der Waals surface area (Å²) in [5.41, 5.74) is 12.9. The van der Waals surface area contributed by atoms with Gasteiger partial charge in [-0.05, 0) is 30.3 Å². The first-order valence-corrected chi connectivity index (χ1v) is 9.17. The van der Waals surface area contributed by atoms with E-state index < -0.39 is 5.91 Å². The molecule has 0 aliphatic rings. The summed E-state index contributed by atoms with van der Waals surface area (Å²) in [4.78, 5) is 23.5. The van der Waals surface area contributed by atoms with E-state index in [0.717, 1.165) is 0 Å². The predicted octanol–water partition coefficient (Wildman–Crippen LogP) is 3.89. The van der Waals surface area contributed by atoms with Crippen LogP contribution in [0.2, 0.25) is 0 Å². The van der Waals surface area contributed by atoms with E-state index in [-0.39, 0.29) is 17.5 Å². The summed E-state index contributed by atoms with van der Waals surface area (Å²) in [5, 5.41) is 3.13. The molecule has 0 aliphatic carbocycles. The molecule has 0 saturated carbocycles. The van der Waals surface area contributed by atoms with E-state index in [9.17, 15) is 9.18 Å². The summed E-state index contributed by atoms with van der Waals surface area (Å²) in [7, 11) is 0. The highest BCUT2D eigenvalue weighted by Crippen LogP contribution is 2.27. The number of aromatic nitrogens is 3. The third-order valence-corrected chi connectivity index (χ3v) is 4.19. The lowest BCUT2D eigenvalue weighted by Crippen LogP contribution is -2.12. The first-order valence-electron chi connectivity index (χ1n) is 9.17. The minimum absolute atomic E-state index is 0.0485. The number of nitrogens with two attached hydrogens (primary N) is 2. The highest BCUT2D eigenvalue weighted by atomic mass is 19.1. The van der Waals surface area contributed by atoms with Crippen LogP contribution >= 0.6 is 0 Å². The molecule has 0 atom stereocenters. The van der Waals surface area contributed by atoms with Gasteiger partial charge in [0.15, 0.2) is 0 Å². The number of primary amides is 1. The topological polar surface area (TPSA) is 129 Å². The Morgan fingerprint density at radius 2 is 1.77 bits per heavy atom. The molecule has 8 nitrogen and oxygen atoms in total. The number of nitrogens with one attached hydrogen (secondary N) is 1. The summed E-state index contributed by atoms with van der Waals surface area (Å²) >= 11 is 0. The minimum atomic E-state index is -0.642. The quantitative estimate of drug-likeness (QED) is 0.435. The van der Waals surface area contributed by atoms with Gasteiger partial charge in [0, 0.05) is 35.6 Å². The van der Waals surface area contributed by atoms with Gasteiger partial charge in [-0.15, -0.1) is 0 Å². The van der Waals surface area contributed by atoms with E-state index in [1.54, 1.807) is 42.5 Å². The first-order chi connectivity index (χ1) is 15.0. The van der Waals surface area contributed by atoms with Crippen molar-refractivity contribution in [3.8, 4) is 22.8 Å². The summed E-state index contributed by atoms with van der Waals surface area (Å²) in [6.07, 6.45) is 1.44. The van der Waals surface area contributed by atoms with E-state index in [4.69, 9.17) is 16.2 Å². The number of nitrogen functional groups attached to an aromatic ring is 1. The number of halogens is 1. The molecule has 0 saturated heterocycles.